The van der Waals surface area contributed by atoms with Crippen LogP contribution in [0.4, 0.5) is 0 Å². The van der Waals surface area contributed by atoms with Crippen LogP contribution >= 0.6 is 0 Å². The van der Waals surface area contributed by atoms with Gasteiger partial charge >= 0.3 is 5.97 Å². The molecule has 26 heavy (non-hydrogen) atoms. The van der Waals surface area contributed by atoms with Crippen molar-refractivity contribution >= 4 is 22.2 Å². The third-order valence-electron chi connectivity index (χ3n) is 3.07. The summed E-state index contributed by atoms with van der Waals surface area (Å²) in [7, 11) is -3.78. The lowest BCUT2D eigenvalue weighted by Crippen LogP contribution is -2.18. The molecule has 0 heterocycles. The first kappa shape index (κ1) is 19.3. The molecule has 8 nitrogen and oxygen atoms in total. The van der Waals surface area contributed by atoms with Crippen LogP contribution in [0.1, 0.15) is 12.5 Å². The van der Waals surface area contributed by atoms with Gasteiger partial charge in [0.05, 0.1) is 17.7 Å². The minimum atomic E-state index is -3.78. The van der Waals surface area contributed by atoms with Crippen molar-refractivity contribution in [3.63, 3.8) is 0 Å². The molecule has 0 amide bonds. The molecular formula is C17H18N2O6S. The Morgan fingerprint density at radius 3 is 2.23 bits per heavy atom. The molecule has 0 bridgehead atoms. The predicted octanol–water partition coefficient (Wildman–Crippen LogP) is 1.86. The average Bonchev–Trinajstić information content (AvgIpc) is 2.61. The summed E-state index contributed by atoms with van der Waals surface area (Å²) in [5.74, 6) is -0.0981. The van der Waals surface area contributed by atoms with Crippen LogP contribution in [0.5, 0.6) is 11.5 Å². The number of nitrogens with one attached hydrogen (secondary N) is 1. The van der Waals surface area contributed by atoms with Crippen molar-refractivity contribution < 1.29 is 27.8 Å². The monoisotopic (exact) mass is 378 g/mol. The number of carboxylic acid groups (broad SMARTS) is 1. The molecule has 2 aromatic carbocycles. The molecule has 0 aliphatic heterocycles. The number of ether oxygens (including phenoxy) is 2. The van der Waals surface area contributed by atoms with Gasteiger partial charge in [0.2, 0.25) is 0 Å². The number of carbonyl (C=O) groups is 1. The summed E-state index contributed by atoms with van der Waals surface area (Å²) in [4.78, 5) is 12.6. The lowest BCUT2D eigenvalue weighted by molar-refractivity contribution is -0.139. The van der Waals surface area contributed by atoms with Gasteiger partial charge in [0.1, 0.15) is 11.5 Å². The number of sulfonamides is 1. The Morgan fingerprint density at radius 2 is 1.65 bits per heavy atom. The number of aliphatic carboxylic acids is 1. The largest absolute Gasteiger partial charge is 0.494 e. The Labute approximate surface area is 151 Å². The molecule has 0 atom stereocenters. The number of hydrazone groups is 1. The summed E-state index contributed by atoms with van der Waals surface area (Å²) >= 11 is 0. The number of hydrogen-bond acceptors (Lipinski definition) is 6. The number of rotatable bonds is 9. The van der Waals surface area contributed by atoms with E-state index in [2.05, 4.69) is 9.93 Å². The van der Waals surface area contributed by atoms with E-state index < -0.39 is 22.6 Å². The van der Waals surface area contributed by atoms with Gasteiger partial charge in [-0.1, -0.05) is 0 Å². The van der Waals surface area contributed by atoms with Crippen molar-refractivity contribution in [3.8, 4) is 11.5 Å². The Kier molecular flexibility index (Phi) is 6.56. The van der Waals surface area contributed by atoms with Gasteiger partial charge in [-0.2, -0.15) is 13.5 Å². The summed E-state index contributed by atoms with van der Waals surface area (Å²) in [6.07, 6.45) is 1.33. The van der Waals surface area contributed by atoms with Crippen molar-refractivity contribution in [3.05, 3.63) is 54.1 Å². The van der Waals surface area contributed by atoms with E-state index >= 15 is 0 Å². The van der Waals surface area contributed by atoms with Gasteiger partial charge in [0, 0.05) is 0 Å². The van der Waals surface area contributed by atoms with Gasteiger partial charge in [0.25, 0.3) is 10.0 Å². The molecule has 9 heteroatoms. The molecular weight excluding hydrogens is 360 g/mol. The van der Waals surface area contributed by atoms with E-state index in [1.807, 2.05) is 6.92 Å². The first-order valence-corrected chi connectivity index (χ1v) is 9.11. The minimum Gasteiger partial charge on any atom is -0.494 e. The highest BCUT2D eigenvalue weighted by Crippen LogP contribution is 2.16. The highest BCUT2D eigenvalue weighted by Gasteiger charge is 2.12. The molecule has 2 rings (SSSR count). The van der Waals surface area contributed by atoms with Gasteiger partial charge < -0.3 is 14.6 Å². The van der Waals surface area contributed by atoms with Crippen LogP contribution in [0.15, 0.2) is 58.5 Å². The van der Waals surface area contributed by atoms with Crippen molar-refractivity contribution in [2.24, 2.45) is 5.10 Å². The molecule has 0 spiro atoms. The lowest BCUT2D eigenvalue weighted by Gasteiger charge is -2.06. The summed E-state index contributed by atoms with van der Waals surface area (Å²) in [6, 6.07) is 12.3. The van der Waals surface area contributed by atoms with Crippen LogP contribution in [0.3, 0.4) is 0 Å². The molecule has 0 radical (unpaired) electrons. The topological polar surface area (TPSA) is 114 Å². The summed E-state index contributed by atoms with van der Waals surface area (Å²) in [5, 5.41) is 12.3. The van der Waals surface area contributed by atoms with E-state index in [0.717, 1.165) is 0 Å². The quantitative estimate of drug-likeness (QED) is 0.508. The Morgan fingerprint density at radius 1 is 1.08 bits per heavy atom. The average molecular weight is 378 g/mol. The van der Waals surface area contributed by atoms with Gasteiger partial charge in [-0.15, -0.1) is 0 Å². The van der Waals surface area contributed by atoms with Crippen molar-refractivity contribution in [1.82, 2.24) is 4.83 Å². The second kappa shape index (κ2) is 8.86. The Bertz CT molecular complexity index is 861. The van der Waals surface area contributed by atoms with E-state index in [0.29, 0.717) is 23.7 Å². The molecule has 0 saturated heterocycles. The zero-order valence-electron chi connectivity index (χ0n) is 14.0. The number of nitrogens with zero attached hydrogens (tertiary/aromatic N) is 1. The van der Waals surface area contributed by atoms with Crippen LogP contribution in [0.25, 0.3) is 0 Å². The van der Waals surface area contributed by atoms with Crippen molar-refractivity contribution in [1.29, 1.82) is 0 Å². The molecule has 0 fully saturated rings. The lowest BCUT2D eigenvalue weighted by atomic mass is 10.2. The first-order valence-electron chi connectivity index (χ1n) is 7.63. The smallest absolute Gasteiger partial charge is 0.341 e. The minimum absolute atomic E-state index is 0.0653. The second-order valence-electron chi connectivity index (χ2n) is 5.01. The van der Waals surface area contributed by atoms with Crippen LogP contribution < -0.4 is 14.3 Å². The fourth-order valence-electron chi connectivity index (χ4n) is 1.90. The maximum atomic E-state index is 12.2. The van der Waals surface area contributed by atoms with E-state index in [9.17, 15) is 13.2 Å². The van der Waals surface area contributed by atoms with Crippen LogP contribution in [-0.2, 0) is 14.8 Å². The number of carboxylic acids is 1. The SMILES string of the molecule is CCOc1ccc(S(=O)(=O)N/N=C\c2ccc(OCC(=O)O)cc2)cc1. The van der Waals surface area contributed by atoms with E-state index in [-0.39, 0.29) is 4.90 Å². The first-order chi connectivity index (χ1) is 12.4. The molecule has 0 unspecified atom stereocenters. The maximum absolute atomic E-state index is 12.2. The van der Waals surface area contributed by atoms with E-state index in [4.69, 9.17) is 14.6 Å². The van der Waals surface area contributed by atoms with Gasteiger partial charge in [-0.05, 0) is 61.0 Å². The second-order valence-corrected chi connectivity index (χ2v) is 6.67. The molecule has 138 valence electrons. The number of benzene rings is 2. The molecule has 0 aliphatic rings. The fraction of sp³-hybridized carbons (Fsp3) is 0.176. The zero-order chi connectivity index (χ0) is 19.0. The standard InChI is InChI=1S/C17H18N2O6S/c1-2-24-14-7-9-16(10-8-14)26(22,23)19-18-11-13-3-5-15(6-4-13)25-12-17(20)21/h3-11,19H,2,12H2,1H3,(H,20,21)/b18-11-. The predicted molar refractivity (Wildman–Crippen MR) is 95.1 cm³/mol. The molecule has 0 aromatic heterocycles. The molecule has 0 saturated carbocycles. The van der Waals surface area contributed by atoms with Crippen molar-refractivity contribution in [2.45, 2.75) is 11.8 Å². The van der Waals surface area contributed by atoms with Crippen LogP contribution in [-0.4, -0.2) is 38.9 Å². The van der Waals surface area contributed by atoms with E-state index in [1.54, 1.807) is 36.4 Å². The summed E-state index contributed by atoms with van der Waals surface area (Å²) < 4.78 is 34.6. The van der Waals surface area contributed by atoms with Gasteiger partial charge in [0.15, 0.2) is 6.61 Å². The highest BCUT2D eigenvalue weighted by molar-refractivity contribution is 7.89. The molecule has 2 aromatic rings. The number of hydrogen-bond donors (Lipinski definition) is 2. The third kappa shape index (κ3) is 5.78. The van der Waals surface area contributed by atoms with Crippen molar-refractivity contribution in [2.75, 3.05) is 13.2 Å². The normalized spacial score (nSPS) is 11.3. The Balaban J connectivity index is 1.96. The molecule has 2 N–H and O–H groups in total. The fourth-order valence-corrected chi connectivity index (χ4v) is 2.69. The summed E-state index contributed by atoms with van der Waals surface area (Å²) in [5.41, 5.74) is 0.613. The van der Waals surface area contributed by atoms with E-state index in [1.165, 1.54) is 18.3 Å². The zero-order valence-corrected chi connectivity index (χ0v) is 14.8. The van der Waals surface area contributed by atoms with Crippen LogP contribution in [0, 0.1) is 0 Å². The molecule has 0 aliphatic carbocycles. The van der Waals surface area contributed by atoms with Gasteiger partial charge in [-0.25, -0.2) is 9.63 Å². The summed E-state index contributed by atoms with van der Waals surface area (Å²) in [6.45, 7) is 1.90. The maximum Gasteiger partial charge on any atom is 0.341 e. The Hall–Kier alpha value is -3.07. The third-order valence-corrected chi connectivity index (χ3v) is 4.31. The van der Waals surface area contributed by atoms with Gasteiger partial charge in [-0.3, -0.25) is 0 Å². The van der Waals surface area contributed by atoms with Crippen LogP contribution in [0.2, 0.25) is 0 Å². The highest BCUT2D eigenvalue weighted by atomic mass is 32.2.